The van der Waals surface area contributed by atoms with Crippen LogP contribution in [0.15, 0.2) is 24.5 Å². The Balaban J connectivity index is 1.41. The van der Waals surface area contributed by atoms with E-state index in [1.165, 1.54) is 24.8 Å². The van der Waals surface area contributed by atoms with Crippen molar-refractivity contribution in [2.24, 2.45) is 5.92 Å². The number of hydrogen-bond donors (Lipinski definition) is 0. The summed E-state index contributed by atoms with van der Waals surface area (Å²) in [7, 11) is 1.90. The highest BCUT2D eigenvalue weighted by atomic mass is 16.2. The molecule has 1 atom stereocenters. The van der Waals surface area contributed by atoms with Crippen LogP contribution in [-0.4, -0.2) is 45.6 Å². The van der Waals surface area contributed by atoms with E-state index in [1.807, 2.05) is 11.9 Å². The zero-order valence-electron chi connectivity index (χ0n) is 19.3. The smallest absolute Gasteiger partial charge is 0.231 e. The molecule has 0 bridgehead atoms. The minimum atomic E-state index is -0.0564. The lowest BCUT2D eigenvalue weighted by Gasteiger charge is -2.35. The van der Waals surface area contributed by atoms with Crippen LogP contribution in [0.1, 0.15) is 49.1 Å². The molecule has 1 aromatic carbocycles. The van der Waals surface area contributed by atoms with Crippen molar-refractivity contribution in [2.75, 3.05) is 29.9 Å². The van der Waals surface area contributed by atoms with Gasteiger partial charge in [0.25, 0.3) is 0 Å². The van der Waals surface area contributed by atoms with E-state index >= 15 is 0 Å². The first-order chi connectivity index (χ1) is 15.5. The number of rotatable bonds is 3. The Bertz CT molecular complexity index is 1150. The first-order valence-electron chi connectivity index (χ1n) is 11.8. The predicted molar refractivity (Wildman–Crippen MR) is 127 cm³/mol. The number of fused-ring (bicyclic) bond motifs is 3. The van der Waals surface area contributed by atoms with E-state index in [9.17, 15) is 4.79 Å². The van der Waals surface area contributed by atoms with E-state index in [0.29, 0.717) is 6.54 Å². The maximum Gasteiger partial charge on any atom is 0.231 e. The van der Waals surface area contributed by atoms with E-state index in [1.54, 1.807) is 6.33 Å². The summed E-state index contributed by atoms with van der Waals surface area (Å²) in [5.74, 6) is 2.12. The number of carbonyl (C=O) groups excluding carboxylic acids is 1. The number of aryl methyl sites for hydroxylation is 4. The molecule has 1 saturated heterocycles. The second kappa shape index (κ2) is 8.52. The van der Waals surface area contributed by atoms with Gasteiger partial charge in [0.1, 0.15) is 12.2 Å². The third kappa shape index (κ3) is 3.74. The zero-order chi connectivity index (χ0) is 22.2. The summed E-state index contributed by atoms with van der Waals surface area (Å²) in [6.07, 6.45) is 8.11. The van der Waals surface area contributed by atoms with Crippen molar-refractivity contribution < 1.29 is 4.79 Å². The van der Waals surface area contributed by atoms with E-state index in [4.69, 9.17) is 4.98 Å². The van der Waals surface area contributed by atoms with Crippen molar-refractivity contribution in [3.63, 3.8) is 0 Å². The fraction of sp³-hybridized carbons (Fsp3) is 0.520. The topological polar surface area (TPSA) is 67.2 Å². The Morgan fingerprint density at radius 1 is 1.09 bits per heavy atom. The summed E-state index contributed by atoms with van der Waals surface area (Å²) in [4.78, 5) is 31.7. The summed E-state index contributed by atoms with van der Waals surface area (Å²) in [6, 6.07) is 6.27. The van der Waals surface area contributed by atoms with E-state index < -0.39 is 0 Å². The van der Waals surface area contributed by atoms with Gasteiger partial charge in [-0.05, 0) is 56.7 Å². The molecule has 2 aliphatic heterocycles. The normalized spacial score (nSPS) is 19.0. The summed E-state index contributed by atoms with van der Waals surface area (Å²) >= 11 is 0. The average molecular weight is 433 g/mol. The number of imidazole rings is 1. The SMILES string of the molecule is Cc1ccc(C)c(N(C)C(=O)[C@@H]2CCCN(c3ncnc4c3nc3n4CCCCC3)C2)c1. The van der Waals surface area contributed by atoms with Gasteiger partial charge in [-0.15, -0.1) is 0 Å². The molecule has 1 fully saturated rings. The highest BCUT2D eigenvalue weighted by molar-refractivity contribution is 5.96. The molecular formula is C25H32N6O. The Morgan fingerprint density at radius 3 is 2.84 bits per heavy atom. The van der Waals surface area contributed by atoms with Crippen LogP contribution in [0.2, 0.25) is 0 Å². The molecule has 2 aliphatic rings. The minimum absolute atomic E-state index is 0.0564. The van der Waals surface area contributed by atoms with E-state index in [0.717, 1.165) is 66.4 Å². The van der Waals surface area contributed by atoms with Gasteiger partial charge in [-0.1, -0.05) is 18.6 Å². The highest BCUT2D eigenvalue weighted by Gasteiger charge is 2.31. The molecule has 0 aliphatic carbocycles. The molecule has 7 nitrogen and oxygen atoms in total. The summed E-state index contributed by atoms with van der Waals surface area (Å²) in [6.45, 7) is 6.67. The molecule has 0 radical (unpaired) electrons. The maximum atomic E-state index is 13.4. The molecule has 0 unspecified atom stereocenters. The first-order valence-corrected chi connectivity index (χ1v) is 11.8. The number of aromatic nitrogens is 4. The summed E-state index contributed by atoms with van der Waals surface area (Å²) in [5.41, 5.74) is 5.11. The number of benzene rings is 1. The van der Waals surface area contributed by atoms with Gasteiger partial charge in [0, 0.05) is 38.8 Å². The molecular weight excluding hydrogens is 400 g/mol. The fourth-order valence-electron chi connectivity index (χ4n) is 5.20. The number of piperidine rings is 1. The number of amides is 1. The van der Waals surface area contributed by atoms with Gasteiger partial charge in [0.2, 0.25) is 5.91 Å². The van der Waals surface area contributed by atoms with Crippen molar-refractivity contribution >= 4 is 28.6 Å². The lowest BCUT2D eigenvalue weighted by molar-refractivity contribution is -0.122. The largest absolute Gasteiger partial charge is 0.354 e. The van der Waals surface area contributed by atoms with Crippen LogP contribution < -0.4 is 9.80 Å². The molecule has 5 rings (SSSR count). The van der Waals surface area contributed by atoms with Gasteiger partial charge < -0.3 is 14.4 Å². The van der Waals surface area contributed by atoms with Crippen molar-refractivity contribution in [1.82, 2.24) is 19.5 Å². The molecule has 32 heavy (non-hydrogen) atoms. The Morgan fingerprint density at radius 2 is 1.97 bits per heavy atom. The zero-order valence-corrected chi connectivity index (χ0v) is 19.3. The second-order valence-electron chi connectivity index (χ2n) is 9.33. The molecule has 3 aromatic rings. The second-order valence-corrected chi connectivity index (χ2v) is 9.33. The Labute approximate surface area is 189 Å². The average Bonchev–Trinajstić information content (AvgIpc) is 3.00. The molecule has 7 heteroatoms. The van der Waals surface area contributed by atoms with Crippen LogP contribution in [-0.2, 0) is 17.8 Å². The standard InChI is InChI=1S/C25H32N6O/c1-17-10-11-18(2)20(14-17)29(3)25(32)19-8-7-12-30(15-19)23-22-24(27-16-26-23)31-13-6-4-5-9-21(31)28-22/h10-11,14,16,19H,4-9,12-13,15H2,1-3H3/t19-/m1/s1. The van der Waals surface area contributed by atoms with Gasteiger partial charge in [-0.25, -0.2) is 15.0 Å². The van der Waals surface area contributed by atoms with Crippen LogP contribution in [0.25, 0.3) is 11.2 Å². The van der Waals surface area contributed by atoms with Crippen LogP contribution in [0.5, 0.6) is 0 Å². The van der Waals surface area contributed by atoms with E-state index in [2.05, 4.69) is 51.5 Å². The number of hydrogen-bond acceptors (Lipinski definition) is 5. The van der Waals surface area contributed by atoms with Crippen molar-refractivity contribution in [2.45, 2.75) is 58.9 Å². The number of carbonyl (C=O) groups is 1. The third-order valence-electron chi connectivity index (χ3n) is 7.00. The monoisotopic (exact) mass is 432 g/mol. The number of nitrogens with zero attached hydrogens (tertiary/aromatic N) is 6. The lowest BCUT2D eigenvalue weighted by atomic mass is 9.96. The van der Waals surface area contributed by atoms with Crippen LogP contribution in [0.3, 0.4) is 0 Å². The fourth-order valence-corrected chi connectivity index (χ4v) is 5.20. The Kier molecular flexibility index (Phi) is 5.57. The van der Waals surface area contributed by atoms with Gasteiger partial charge in [0.05, 0.1) is 5.92 Å². The van der Waals surface area contributed by atoms with Crippen molar-refractivity contribution in [3.8, 4) is 0 Å². The predicted octanol–water partition coefficient (Wildman–Crippen LogP) is 4.05. The molecule has 1 amide bonds. The van der Waals surface area contributed by atoms with Crippen molar-refractivity contribution in [3.05, 3.63) is 41.5 Å². The summed E-state index contributed by atoms with van der Waals surface area (Å²) in [5, 5.41) is 0. The maximum absolute atomic E-state index is 13.4. The quantitative estimate of drug-likeness (QED) is 0.625. The van der Waals surface area contributed by atoms with Crippen LogP contribution in [0, 0.1) is 19.8 Å². The van der Waals surface area contributed by atoms with Crippen molar-refractivity contribution in [1.29, 1.82) is 0 Å². The van der Waals surface area contributed by atoms with Gasteiger partial charge in [0.15, 0.2) is 17.0 Å². The minimum Gasteiger partial charge on any atom is -0.354 e. The van der Waals surface area contributed by atoms with Gasteiger partial charge >= 0.3 is 0 Å². The Hall–Kier alpha value is -2.96. The lowest BCUT2D eigenvalue weighted by Crippen LogP contribution is -2.44. The summed E-state index contributed by atoms with van der Waals surface area (Å²) < 4.78 is 2.27. The first kappa shape index (κ1) is 20.9. The van der Waals surface area contributed by atoms with Gasteiger partial charge in [-0.3, -0.25) is 4.79 Å². The molecule has 0 saturated carbocycles. The third-order valence-corrected chi connectivity index (χ3v) is 7.00. The molecule has 168 valence electrons. The van der Waals surface area contributed by atoms with Gasteiger partial charge in [-0.2, -0.15) is 0 Å². The molecule has 0 N–H and O–H groups in total. The van der Waals surface area contributed by atoms with E-state index in [-0.39, 0.29) is 11.8 Å². The highest BCUT2D eigenvalue weighted by Crippen LogP contribution is 2.31. The van der Waals surface area contributed by atoms with Crippen LogP contribution in [0.4, 0.5) is 11.5 Å². The molecule has 4 heterocycles. The number of anilines is 2. The molecule has 0 spiro atoms. The van der Waals surface area contributed by atoms with Crippen LogP contribution >= 0.6 is 0 Å². The molecule has 2 aromatic heterocycles.